The second-order valence-electron chi connectivity index (χ2n) is 6.78. The number of morpholine rings is 1. The zero-order valence-corrected chi connectivity index (χ0v) is 17.6. The topological polar surface area (TPSA) is 45.7 Å². The fourth-order valence-corrected chi connectivity index (χ4v) is 3.58. The van der Waals surface area contributed by atoms with Crippen molar-refractivity contribution in [2.75, 3.05) is 39.4 Å². The fraction of sp³-hybridized carbons (Fsp3) is 0.364. The molecule has 1 amide bonds. The Morgan fingerprint density at radius 2 is 1.93 bits per heavy atom. The number of rotatable bonds is 8. The van der Waals surface area contributed by atoms with E-state index in [0.29, 0.717) is 6.54 Å². The number of halogens is 1. The predicted molar refractivity (Wildman–Crippen MR) is 115 cm³/mol. The third-order valence-corrected chi connectivity index (χ3v) is 5.47. The number of pyridine rings is 1. The largest absolute Gasteiger partial charge is 0.379 e. The first kappa shape index (κ1) is 20.7. The van der Waals surface area contributed by atoms with Crippen molar-refractivity contribution in [1.82, 2.24) is 14.8 Å². The smallest absolute Gasteiger partial charge is 0.246 e. The first-order chi connectivity index (χ1) is 13.7. The first-order valence-corrected chi connectivity index (χ1v) is 10.4. The third-order valence-electron chi connectivity index (χ3n) is 4.75. The Kier molecular flexibility index (Phi) is 8.21. The third kappa shape index (κ3) is 6.55. The van der Waals surface area contributed by atoms with E-state index < -0.39 is 0 Å². The van der Waals surface area contributed by atoms with Crippen LogP contribution in [0.15, 0.2) is 59.3 Å². The van der Waals surface area contributed by atoms with Crippen LogP contribution in [0.3, 0.4) is 0 Å². The predicted octanol–water partition coefficient (Wildman–Crippen LogP) is 3.61. The van der Waals surface area contributed by atoms with Crippen molar-refractivity contribution in [3.05, 3.63) is 70.5 Å². The van der Waals surface area contributed by atoms with Gasteiger partial charge in [0.25, 0.3) is 0 Å². The molecule has 0 radical (unpaired) electrons. The minimum absolute atomic E-state index is 0.0227. The molecule has 5 nitrogen and oxygen atoms in total. The summed E-state index contributed by atoms with van der Waals surface area (Å²) in [6.07, 6.45) is 8.01. The summed E-state index contributed by atoms with van der Waals surface area (Å²) in [6, 6.07) is 11.8. The zero-order valence-electron chi connectivity index (χ0n) is 16.0. The van der Waals surface area contributed by atoms with E-state index in [1.54, 1.807) is 18.5 Å². The van der Waals surface area contributed by atoms with E-state index in [0.717, 1.165) is 61.4 Å². The molecule has 0 atom stereocenters. The Bertz CT molecular complexity index is 776. The molecule has 0 spiro atoms. The van der Waals surface area contributed by atoms with Crippen LogP contribution in [0.2, 0.25) is 0 Å². The molecular weight excluding hydrogens is 418 g/mol. The van der Waals surface area contributed by atoms with E-state index >= 15 is 0 Å². The lowest BCUT2D eigenvalue weighted by molar-refractivity contribution is -0.126. The van der Waals surface area contributed by atoms with Crippen molar-refractivity contribution in [1.29, 1.82) is 0 Å². The van der Waals surface area contributed by atoms with Crippen molar-refractivity contribution in [2.24, 2.45) is 0 Å². The van der Waals surface area contributed by atoms with Gasteiger partial charge in [-0.25, -0.2) is 0 Å². The lowest BCUT2D eigenvalue weighted by Crippen LogP contribution is -2.38. The molecule has 1 aromatic carbocycles. The van der Waals surface area contributed by atoms with E-state index in [4.69, 9.17) is 4.74 Å². The number of benzene rings is 1. The number of nitrogens with zero attached hydrogens (tertiary/aromatic N) is 3. The van der Waals surface area contributed by atoms with E-state index in [-0.39, 0.29) is 5.91 Å². The minimum atomic E-state index is 0.0227. The van der Waals surface area contributed by atoms with Crippen LogP contribution in [0.4, 0.5) is 0 Å². The quantitative estimate of drug-likeness (QED) is 0.584. The molecule has 2 aromatic rings. The van der Waals surface area contributed by atoms with Gasteiger partial charge in [-0.1, -0.05) is 34.1 Å². The van der Waals surface area contributed by atoms with Gasteiger partial charge in [0.05, 0.1) is 13.2 Å². The van der Waals surface area contributed by atoms with Crippen molar-refractivity contribution in [2.45, 2.75) is 13.0 Å². The number of amides is 1. The van der Waals surface area contributed by atoms with Crippen LogP contribution in [0.25, 0.3) is 6.08 Å². The van der Waals surface area contributed by atoms with Gasteiger partial charge in [-0.15, -0.1) is 0 Å². The van der Waals surface area contributed by atoms with Crippen LogP contribution in [0.1, 0.15) is 17.5 Å². The summed E-state index contributed by atoms with van der Waals surface area (Å²) in [5.41, 5.74) is 2.08. The van der Waals surface area contributed by atoms with Gasteiger partial charge in [-0.2, -0.15) is 0 Å². The highest BCUT2D eigenvalue weighted by atomic mass is 79.9. The second kappa shape index (κ2) is 11.1. The van der Waals surface area contributed by atoms with Gasteiger partial charge in [-0.3, -0.25) is 14.7 Å². The Morgan fingerprint density at radius 3 is 2.68 bits per heavy atom. The maximum atomic E-state index is 12.9. The Labute approximate surface area is 175 Å². The van der Waals surface area contributed by atoms with Crippen molar-refractivity contribution in [3.8, 4) is 0 Å². The van der Waals surface area contributed by atoms with Crippen LogP contribution < -0.4 is 0 Å². The van der Waals surface area contributed by atoms with Crippen molar-refractivity contribution >= 4 is 27.9 Å². The minimum Gasteiger partial charge on any atom is -0.379 e. The Hall–Kier alpha value is -2.02. The second-order valence-corrected chi connectivity index (χ2v) is 7.63. The molecule has 28 heavy (non-hydrogen) atoms. The molecule has 0 saturated carbocycles. The number of ether oxygens (including phenoxy) is 1. The van der Waals surface area contributed by atoms with Gasteiger partial charge >= 0.3 is 0 Å². The van der Waals surface area contributed by atoms with Crippen LogP contribution in [0.5, 0.6) is 0 Å². The Morgan fingerprint density at radius 1 is 1.18 bits per heavy atom. The molecule has 0 aliphatic carbocycles. The van der Waals surface area contributed by atoms with Gasteiger partial charge in [-0.05, 0) is 41.8 Å². The molecular formula is C22H26BrN3O2. The summed E-state index contributed by atoms with van der Waals surface area (Å²) in [5.74, 6) is 0.0227. The van der Waals surface area contributed by atoms with E-state index in [1.165, 1.54) is 0 Å². The van der Waals surface area contributed by atoms with Crippen LogP contribution in [-0.4, -0.2) is 60.1 Å². The molecule has 1 aromatic heterocycles. The number of aromatic nitrogens is 1. The van der Waals surface area contributed by atoms with Gasteiger partial charge in [0.15, 0.2) is 0 Å². The van der Waals surface area contributed by atoms with E-state index in [2.05, 4.69) is 25.8 Å². The van der Waals surface area contributed by atoms with Gasteiger partial charge < -0.3 is 9.64 Å². The number of hydrogen-bond donors (Lipinski definition) is 0. The van der Waals surface area contributed by atoms with Gasteiger partial charge in [0, 0.05) is 55.7 Å². The van der Waals surface area contributed by atoms with Gasteiger partial charge in [0.2, 0.25) is 5.91 Å². The van der Waals surface area contributed by atoms with Crippen LogP contribution in [0, 0.1) is 0 Å². The van der Waals surface area contributed by atoms with Gasteiger partial charge in [0.1, 0.15) is 0 Å². The lowest BCUT2D eigenvalue weighted by atomic mass is 10.2. The molecule has 148 valence electrons. The monoisotopic (exact) mass is 443 g/mol. The zero-order chi connectivity index (χ0) is 19.6. The van der Waals surface area contributed by atoms with Crippen molar-refractivity contribution < 1.29 is 9.53 Å². The van der Waals surface area contributed by atoms with E-state index in [1.807, 2.05) is 47.4 Å². The molecule has 0 N–H and O–H groups in total. The molecule has 0 unspecified atom stereocenters. The summed E-state index contributed by atoms with van der Waals surface area (Å²) >= 11 is 3.52. The molecule has 3 rings (SSSR count). The average molecular weight is 444 g/mol. The van der Waals surface area contributed by atoms with Crippen LogP contribution >= 0.6 is 15.9 Å². The summed E-state index contributed by atoms with van der Waals surface area (Å²) in [5, 5.41) is 0. The van der Waals surface area contributed by atoms with E-state index in [9.17, 15) is 4.79 Å². The number of carbonyl (C=O) groups excluding carboxylic acids is 1. The molecule has 1 saturated heterocycles. The number of carbonyl (C=O) groups is 1. The SMILES string of the molecule is O=C(/C=C/c1ccccc1Br)N(CCCN1CCOCC1)Cc1ccncc1. The summed E-state index contributed by atoms with van der Waals surface area (Å²) in [7, 11) is 0. The molecule has 2 heterocycles. The highest BCUT2D eigenvalue weighted by Gasteiger charge is 2.14. The maximum absolute atomic E-state index is 12.9. The summed E-state index contributed by atoms with van der Waals surface area (Å²) in [6.45, 7) is 5.84. The normalized spacial score (nSPS) is 15.0. The Balaban J connectivity index is 1.62. The fourth-order valence-electron chi connectivity index (χ4n) is 3.16. The standard InChI is InChI=1S/C22H26BrN3O2/c23-21-5-2-1-4-20(21)6-7-22(27)26(18-19-8-10-24-11-9-19)13-3-12-25-14-16-28-17-15-25/h1-2,4-11H,3,12-18H2/b7-6+. The molecule has 1 fully saturated rings. The molecule has 1 aliphatic heterocycles. The maximum Gasteiger partial charge on any atom is 0.246 e. The molecule has 1 aliphatic rings. The highest BCUT2D eigenvalue weighted by molar-refractivity contribution is 9.10. The van der Waals surface area contributed by atoms with Crippen molar-refractivity contribution in [3.63, 3.8) is 0 Å². The van der Waals surface area contributed by atoms with Crippen LogP contribution in [-0.2, 0) is 16.1 Å². The summed E-state index contributed by atoms with van der Waals surface area (Å²) < 4.78 is 6.38. The molecule has 6 heteroatoms. The lowest BCUT2D eigenvalue weighted by Gasteiger charge is -2.28. The summed E-state index contributed by atoms with van der Waals surface area (Å²) in [4.78, 5) is 21.3. The molecule has 0 bridgehead atoms. The average Bonchev–Trinajstić information content (AvgIpc) is 2.74. The number of hydrogen-bond acceptors (Lipinski definition) is 4. The first-order valence-electron chi connectivity index (χ1n) is 9.63. The highest BCUT2D eigenvalue weighted by Crippen LogP contribution is 2.17.